The van der Waals surface area contributed by atoms with Crippen LogP contribution in [-0.4, -0.2) is 114 Å². The van der Waals surface area contributed by atoms with Gasteiger partial charge in [-0.2, -0.15) is 21.8 Å². The Morgan fingerprint density at radius 2 is 1.76 bits per heavy atom. The molecule has 2 fully saturated rings. The lowest BCUT2D eigenvalue weighted by atomic mass is 9.98. The van der Waals surface area contributed by atoms with E-state index < -0.39 is 0 Å². The maximum absolute atomic E-state index is 6.01. The number of ether oxygens (including phenoxy) is 1. The van der Waals surface area contributed by atoms with E-state index in [1.54, 1.807) is 13.3 Å². The van der Waals surface area contributed by atoms with E-state index in [0.29, 0.717) is 17.8 Å². The van der Waals surface area contributed by atoms with Crippen LogP contribution >= 0.6 is 35.6 Å². The molecule has 2 aliphatic heterocycles. The van der Waals surface area contributed by atoms with Crippen molar-refractivity contribution < 1.29 is 4.74 Å². The molecule has 10 nitrogen and oxygen atoms in total. The van der Waals surface area contributed by atoms with Crippen LogP contribution in [0.25, 0.3) is 11.1 Å². The van der Waals surface area contributed by atoms with Crippen molar-refractivity contribution >= 4 is 69.7 Å². The first kappa shape index (κ1) is 36.9. The molecule has 6 rings (SSSR count). The van der Waals surface area contributed by atoms with Crippen LogP contribution in [0.15, 0.2) is 47.3 Å². The summed E-state index contributed by atoms with van der Waals surface area (Å²) >= 11 is 5.62. The molecule has 0 spiro atoms. The molecule has 50 heavy (non-hydrogen) atoms. The molecular weight excluding hydrogens is 729 g/mol. The SMILES string of the molecule is COc1cc(N2CCC(N3CCN(CCSC)CC3)CC2)c(-c2cnn(C)c2)cc1Nc1ncc(Br)c(Nc2ccc(C)c(C)c2P(C)C)n1. The molecule has 0 radical (unpaired) electrons. The summed E-state index contributed by atoms with van der Waals surface area (Å²) in [7, 11) is 3.36. The summed E-state index contributed by atoms with van der Waals surface area (Å²) in [6.45, 7) is 16.9. The first-order chi connectivity index (χ1) is 24.1. The highest BCUT2D eigenvalue weighted by atomic mass is 79.9. The number of anilines is 5. The molecule has 2 aliphatic rings. The summed E-state index contributed by atoms with van der Waals surface area (Å²) in [5, 5.41) is 13.0. The predicted molar refractivity (Wildman–Crippen MR) is 217 cm³/mol. The van der Waals surface area contributed by atoms with E-state index in [9.17, 15) is 0 Å². The third-order valence-electron chi connectivity index (χ3n) is 10.1. The highest BCUT2D eigenvalue weighted by molar-refractivity contribution is 9.10. The van der Waals surface area contributed by atoms with E-state index in [2.05, 4.69) is 115 Å². The van der Waals surface area contributed by atoms with Crippen LogP contribution in [-0.2, 0) is 7.05 Å². The average molecular weight is 781 g/mol. The third kappa shape index (κ3) is 8.42. The molecule has 0 bridgehead atoms. The van der Waals surface area contributed by atoms with Crippen molar-refractivity contribution in [2.75, 3.05) is 93.8 Å². The monoisotopic (exact) mass is 779 g/mol. The number of aryl methyl sites for hydroxylation is 2. The molecular formula is C37H51BrN9OPS. The topological polar surface area (TPSA) is 86.6 Å². The van der Waals surface area contributed by atoms with Crippen LogP contribution in [0.2, 0.25) is 0 Å². The van der Waals surface area contributed by atoms with Crippen molar-refractivity contribution in [3.05, 3.63) is 58.5 Å². The first-order valence-electron chi connectivity index (χ1n) is 17.4. The Morgan fingerprint density at radius 3 is 2.42 bits per heavy atom. The van der Waals surface area contributed by atoms with Gasteiger partial charge in [-0.15, -0.1) is 0 Å². The Labute approximate surface area is 311 Å². The fourth-order valence-electron chi connectivity index (χ4n) is 7.17. The Bertz CT molecular complexity index is 1770. The van der Waals surface area contributed by atoms with Gasteiger partial charge in [0.15, 0.2) is 0 Å². The van der Waals surface area contributed by atoms with Crippen LogP contribution in [0, 0.1) is 13.8 Å². The highest BCUT2D eigenvalue weighted by Gasteiger charge is 2.29. The fourth-order valence-corrected chi connectivity index (χ4v) is 9.36. The van der Waals surface area contributed by atoms with Crippen molar-refractivity contribution in [2.45, 2.75) is 32.7 Å². The number of benzene rings is 2. The number of thioether (sulfide) groups is 1. The lowest BCUT2D eigenvalue weighted by molar-refractivity contribution is 0.0884. The van der Waals surface area contributed by atoms with Crippen molar-refractivity contribution in [3.8, 4) is 16.9 Å². The summed E-state index contributed by atoms with van der Waals surface area (Å²) in [4.78, 5) is 17.4. The first-order valence-corrected chi connectivity index (χ1v) is 21.8. The second kappa shape index (κ2) is 16.6. The zero-order chi connectivity index (χ0) is 35.4. The largest absolute Gasteiger partial charge is 0.494 e. The normalized spacial score (nSPS) is 16.3. The molecule has 2 aromatic carbocycles. The van der Waals surface area contributed by atoms with Gasteiger partial charge in [-0.3, -0.25) is 14.5 Å². The van der Waals surface area contributed by atoms with Crippen LogP contribution in [0.5, 0.6) is 5.75 Å². The second-order valence-electron chi connectivity index (χ2n) is 13.5. The van der Waals surface area contributed by atoms with Gasteiger partial charge in [0.05, 0.1) is 23.5 Å². The number of nitrogens with one attached hydrogen (secondary N) is 2. The Kier molecular flexibility index (Phi) is 12.3. The molecule has 2 aromatic heterocycles. The minimum Gasteiger partial charge on any atom is -0.494 e. The fraction of sp³-hybridized carbons (Fsp3) is 0.486. The molecule has 4 heterocycles. The number of piperidine rings is 1. The van der Waals surface area contributed by atoms with Gasteiger partial charge in [0.1, 0.15) is 11.6 Å². The molecule has 268 valence electrons. The van der Waals surface area contributed by atoms with Gasteiger partial charge in [-0.1, -0.05) is 14.0 Å². The molecule has 0 aliphatic carbocycles. The summed E-state index contributed by atoms with van der Waals surface area (Å²) in [5.74, 6) is 3.15. The maximum atomic E-state index is 6.01. The van der Waals surface area contributed by atoms with Crippen LogP contribution in [0.1, 0.15) is 24.0 Å². The molecule has 0 atom stereocenters. The lowest BCUT2D eigenvalue weighted by Gasteiger charge is -2.43. The molecule has 0 amide bonds. The second-order valence-corrected chi connectivity index (χ2v) is 17.6. The molecule has 2 saturated heterocycles. The zero-order valence-electron chi connectivity index (χ0n) is 30.5. The molecule has 2 N–H and O–H groups in total. The minimum atomic E-state index is -0.325. The number of piperazine rings is 1. The highest BCUT2D eigenvalue weighted by Crippen LogP contribution is 2.42. The number of hydrogen-bond acceptors (Lipinski definition) is 10. The third-order valence-corrected chi connectivity index (χ3v) is 12.7. The van der Waals surface area contributed by atoms with E-state index in [4.69, 9.17) is 9.72 Å². The van der Waals surface area contributed by atoms with E-state index >= 15 is 0 Å². The van der Waals surface area contributed by atoms with Crippen LogP contribution < -0.4 is 25.6 Å². The minimum absolute atomic E-state index is 0.325. The van der Waals surface area contributed by atoms with E-state index in [1.807, 2.05) is 29.7 Å². The molecule has 0 unspecified atom stereocenters. The van der Waals surface area contributed by atoms with E-state index in [0.717, 1.165) is 64.3 Å². The summed E-state index contributed by atoms with van der Waals surface area (Å²) in [6.07, 6.45) is 10.3. The number of rotatable bonds is 12. The lowest BCUT2D eigenvalue weighted by Crippen LogP contribution is -2.53. The van der Waals surface area contributed by atoms with Crippen molar-refractivity contribution in [1.82, 2.24) is 29.5 Å². The van der Waals surface area contributed by atoms with Crippen molar-refractivity contribution in [2.24, 2.45) is 7.05 Å². The molecule has 0 saturated carbocycles. The van der Waals surface area contributed by atoms with E-state index in [1.165, 1.54) is 54.9 Å². The van der Waals surface area contributed by atoms with Gasteiger partial charge in [-0.25, -0.2) is 4.98 Å². The molecule has 13 heteroatoms. The smallest absolute Gasteiger partial charge is 0.229 e. The summed E-state index contributed by atoms with van der Waals surface area (Å²) < 4.78 is 8.67. The van der Waals surface area contributed by atoms with Crippen LogP contribution in [0.3, 0.4) is 0 Å². The van der Waals surface area contributed by atoms with Crippen molar-refractivity contribution in [1.29, 1.82) is 0 Å². The number of nitrogens with zero attached hydrogens (tertiary/aromatic N) is 7. The number of hydrogen-bond donors (Lipinski definition) is 2. The van der Waals surface area contributed by atoms with Gasteiger partial charge in [0.2, 0.25) is 5.95 Å². The standard InChI is InChI=1S/C37H51BrN9OPS/c1-25-8-9-31(35(26(25)2)49(5)6)41-36-30(38)23-39-37(43-36)42-32-20-29(27-22-40-44(3)24-27)33(21-34(32)48-4)47-12-10-28(11-13-47)46-16-14-45(15-17-46)18-19-50-7/h8-9,20-24,28H,10-19H2,1-7H3,(H2,39,41,42,43). The van der Waals surface area contributed by atoms with Gasteiger partial charge in [0, 0.05) is 111 Å². The van der Waals surface area contributed by atoms with E-state index in [-0.39, 0.29) is 7.92 Å². The maximum Gasteiger partial charge on any atom is 0.229 e. The zero-order valence-corrected chi connectivity index (χ0v) is 33.8. The summed E-state index contributed by atoms with van der Waals surface area (Å²) in [6, 6.07) is 9.28. The van der Waals surface area contributed by atoms with Crippen molar-refractivity contribution in [3.63, 3.8) is 0 Å². The number of methoxy groups -OCH3 is 1. The Morgan fingerprint density at radius 1 is 1.00 bits per heavy atom. The quantitative estimate of drug-likeness (QED) is 0.146. The number of aromatic nitrogens is 4. The van der Waals surface area contributed by atoms with Gasteiger partial charge in [-0.05, 0) is 85.5 Å². The van der Waals surface area contributed by atoms with Gasteiger partial charge in [0.25, 0.3) is 0 Å². The summed E-state index contributed by atoms with van der Waals surface area (Å²) in [5.41, 5.74) is 7.84. The Balaban J connectivity index is 1.23. The molecule has 4 aromatic rings. The Hall–Kier alpha value is -2.89. The average Bonchev–Trinajstić information content (AvgIpc) is 3.56. The van der Waals surface area contributed by atoms with Gasteiger partial charge >= 0.3 is 0 Å². The predicted octanol–water partition coefficient (Wildman–Crippen LogP) is 7.07. The number of halogens is 1. The van der Waals surface area contributed by atoms with Crippen LogP contribution in [0.4, 0.5) is 28.8 Å². The van der Waals surface area contributed by atoms with Gasteiger partial charge < -0.3 is 20.3 Å².